The number of morpholine rings is 1. The van der Waals surface area contributed by atoms with Gasteiger partial charge in [0.15, 0.2) is 0 Å². The van der Waals surface area contributed by atoms with Crippen LogP contribution in [0.1, 0.15) is 6.42 Å². The molecule has 0 aromatic heterocycles. The number of benzene rings is 1. The van der Waals surface area contributed by atoms with E-state index in [1.807, 2.05) is 0 Å². The zero-order chi connectivity index (χ0) is 18.0. The molecule has 1 unspecified atom stereocenters. The van der Waals surface area contributed by atoms with Crippen LogP contribution in [-0.2, 0) is 24.3 Å². The third-order valence-corrected chi connectivity index (χ3v) is 6.12. The quantitative estimate of drug-likeness (QED) is 0.651. The Bertz CT molecular complexity index is 794. The van der Waals surface area contributed by atoms with Crippen molar-refractivity contribution in [2.75, 3.05) is 31.6 Å². The fourth-order valence-corrected chi connectivity index (χ4v) is 4.13. The highest BCUT2D eigenvalue weighted by Crippen LogP contribution is 2.27. The normalized spacial score (nSPS) is 21.8. The van der Waals surface area contributed by atoms with Crippen LogP contribution in [0.3, 0.4) is 0 Å². The van der Waals surface area contributed by atoms with Gasteiger partial charge in [0.05, 0.1) is 35.2 Å². The number of carbonyl (C=O) groups is 2. The van der Waals surface area contributed by atoms with Gasteiger partial charge in [-0.15, -0.1) is 0 Å². The van der Waals surface area contributed by atoms with Crippen LogP contribution in [0.5, 0.6) is 0 Å². The van der Waals surface area contributed by atoms with E-state index in [9.17, 15) is 18.0 Å². The first-order chi connectivity index (χ1) is 11.9. The largest absolute Gasteiger partial charge is 0.379 e. The van der Waals surface area contributed by atoms with Gasteiger partial charge in [0.2, 0.25) is 21.8 Å². The smallest absolute Gasteiger partial charge is 0.243 e. The molecule has 0 aliphatic carbocycles. The summed E-state index contributed by atoms with van der Waals surface area (Å²) in [5.74, 6) is -0.781. The van der Waals surface area contributed by atoms with Gasteiger partial charge in [-0.1, -0.05) is 11.6 Å². The van der Waals surface area contributed by atoms with Crippen LogP contribution in [0.2, 0.25) is 5.02 Å². The van der Waals surface area contributed by atoms with Crippen LogP contribution in [0.4, 0.5) is 5.69 Å². The molecule has 2 heterocycles. The highest BCUT2D eigenvalue weighted by atomic mass is 35.5. The zero-order valence-electron chi connectivity index (χ0n) is 13.1. The average molecular weight is 389 g/mol. The molecule has 0 saturated carbocycles. The van der Waals surface area contributed by atoms with E-state index in [1.165, 1.54) is 22.5 Å². The number of amides is 2. The van der Waals surface area contributed by atoms with E-state index in [0.717, 1.165) is 0 Å². The molecule has 2 aliphatic heterocycles. The molecule has 1 aromatic carbocycles. The van der Waals surface area contributed by atoms with E-state index in [2.05, 4.69) is 16.2 Å². The molecule has 2 saturated heterocycles. The Hall–Kier alpha value is -1.72. The molecule has 2 fully saturated rings. The number of hydrogen-bond acceptors (Lipinski definition) is 6. The van der Waals surface area contributed by atoms with Crippen molar-refractivity contribution < 1.29 is 22.7 Å². The molecule has 3 rings (SSSR count). The number of rotatable bonds is 4. The number of halogens is 1. The Kier molecular flexibility index (Phi) is 5.25. The Morgan fingerprint density at radius 2 is 2.04 bits per heavy atom. The molecule has 0 spiro atoms. The van der Waals surface area contributed by atoms with Crippen LogP contribution in [0, 0.1) is 0 Å². The van der Waals surface area contributed by atoms with E-state index in [1.54, 1.807) is 0 Å². The number of anilines is 1. The van der Waals surface area contributed by atoms with Crippen molar-refractivity contribution in [3.8, 4) is 0 Å². The second-order valence-corrected chi connectivity index (χ2v) is 7.94. The summed E-state index contributed by atoms with van der Waals surface area (Å²) in [5, 5.41) is 2.76. The van der Waals surface area contributed by atoms with Crippen molar-refractivity contribution in [2.24, 2.45) is 0 Å². The Morgan fingerprint density at radius 3 is 2.68 bits per heavy atom. The first-order valence-corrected chi connectivity index (χ1v) is 9.42. The summed E-state index contributed by atoms with van der Waals surface area (Å²) in [7, 11) is -3.70. The summed E-state index contributed by atoms with van der Waals surface area (Å²) >= 11 is 6.07. The van der Waals surface area contributed by atoms with Crippen LogP contribution >= 0.6 is 11.6 Å². The summed E-state index contributed by atoms with van der Waals surface area (Å²) in [5.41, 5.74) is 5.05. The number of hydrogen-bond donors (Lipinski definition) is 3. The second kappa shape index (κ2) is 7.26. The molecule has 0 bridgehead atoms. The number of ether oxygens (including phenoxy) is 1. The second-order valence-electron chi connectivity index (χ2n) is 5.60. The summed E-state index contributed by atoms with van der Waals surface area (Å²) < 4.78 is 31.9. The number of nitrogens with zero attached hydrogens (tertiary/aromatic N) is 1. The maximum Gasteiger partial charge on any atom is 0.243 e. The SMILES string of the molecule is O=C1CC(C(=O)Nc2cc(S(=O)(=O)N3CCOCC3)ccc2Cl)NN1. The summed E-state index contributed by atoms with van der Waals surface area (Å²) in [6, 6.07) is 3.37. The van der Waals surface area contributed by atoms with Gasteiger partial charge in [-0.3, -0.25) is 15.0 Å². The molecule has 1 atom stereocenters. The van der Waals surface area contributed by atoms with E-state index in [0.29, 0.717) is 13.2 Å². The van der Waals surface area contributed by atoms with Crippen molar-refractivity contribution in [3.05, 3.63) is 23.2 Å². The summed E-state index contributed by atoms with van der Waals surface area (Å²) in [6.07, 6.45) is -0.00474. The van der Waals surface area contributed by atoms with Gasteiger partial charge < -0.3 is 10.1 Å². The topological polar surface area (TPSA) is 117 Å². The average Bonchev–Trinajstić information content (AvgIpc) is 3.04. The van der Waals surface area contributed by atoms with Gasteiger partial charge in [0.1, 0.15) is 6.04 Å². The minimum Gasteiger partial charge on any atom is -0.379 e. The third kappa shape index (κ3) is 3.93. The van der Waals surface area contributed by atoms with Crippen LogP contribution in [0.25, 0.3) is 0 Å². The lowest BCUT2D eigenvalue weighted by atomic mass is 10.2. The Labute approximate surface area is 149 Å². The number of nitrogens with one attached hydrogen (secondary N) is 3. The van der Waals surface area contributed by atoms with Gasteiger partial charge in [-0.2, -0.15) is 4.31 Å². The maximum atomic E-state index is 12.7. The molecule has 1 aromatic rings. The molecule has 3 N–H and O–H groups in total. The molecule has 2 amide bonds. The first kappa shape index (κ1) is 18.1. The first-order valence-electron chi connectivity index (χ1n) is 7.60. The lowest BCUT2D eigenvalue weighted by molar-refractivity contribution is -0.121. The monoisotopic (exact) mass is 388 g/mol. The highest BCUT2D eigenvalue weighted by molar-refractivity contribution is 7.89. The minimum absolute atomic E-state index is 0.00474. The number of carbonyl (C=O) groups excluding carboxylic acids is 2. The number of hydrazine groups is 1. The van der Waals surface area contributed by atoms with E-state index < -0.39 is 22.0 Å². The molecule has 136 valence electrons. The minimum atomic E-state index is -3.70. The van der Waals surface area contributed by atoms with Crippen LogP contribution in [-0.4, -0.2) is 56.9 Å². The molecular weight excluding hydrogens is 372 g/mol. The van der Waals surface area contributed by atoms with Crippen LogP contribution < -0.4 is 16.2 Å². The number of sulfonamides is 1. The van der Waals surface area contributed by atoms with Gasteiger partial charge in [-0.25, -0.2) is 13.8 Å². The van der Waals surface area contributed by atoms with Crippen molar-refractivity contribution in [1.82, 2.24) is 15.2 Å². The summed E-state index contributed by atoms with van der Waals surface area (Å²) in [6.45, 7) is 1.22. The predicted octanol–water partition coefficient (Wildman–Crippen LogP) is -0.307. The molecular formula is C14H17ClN4O5S. The molecule has 0 radical (unpaired) electrons. The standard InChI is InChI=1S/C14H17ClN4O5S/c15-10-2-1-9(25(22,23)19-3-5-24-6-4-19)7-11(10)16-14(21)12-8-13(20)18-17-12/h1-2,7,12,17H,3-6,8H2,(H,16,21)(H,18,20). The van der Waals surface area contributed by atoms with Gasteiger partial charge in [-0.05, 0) is 18.2 Å². The zero-order valence-corrected chi connectivity index (χ0v) is 14.7. The lowest BCUT2D eigenvalue weighted by Crippen LogP contribution is -2.41. The molecule has 9 nitrogen and oxygen atoms in total. The van der Waals surface area contributed by atoms with Crippen molar-refractivity contribution in [3.63, 3.8) is 0 Å². The van der Waals surface area contributed by atoms with Gasteiger partial charge in [0, 0.05) is 13.1 Å². The van der Waals surface area contributed by atoms with Gasteiger partial charge >= 0.3 is 0 Å². The van der Waals surface area contributed by atoms with Crippen molar-refractivity contribution >= 4 is 39.1 Å². The highest BCUT2D eigenvalue weighted by Gasteiger charge is 2.29. The molecule has 2 aliphatic rings. The Morgan fingerprint density at radius 1 is 1.32 bits per heavy atom. The van der Waals surface area contributed by atoms with Gasteiger partial charge in [0.25, 0.3) is 0 Å². The van der Waals surface area contributed by atoms with E-state index in [4.69, 9.17) is 16.3 Å². The molecule has 25 heavy (non-hydrogen) atoms. The van der Waals surface area contributed by atoms with Crippen molar-refractivity contribution in [2.45, 2.75) is 17.4 Å². The lowest BCUT2D eigenvalue weighted by Gasteiger charge is -2.26. The van der Waals surface area contributed by atoms with Crippen LogP contribution in [0.15, 0.2) is 23.1 Å². The fraction of sp³-hybridized carbons (Fsp3) is 0.429. The van der Waals surface area contributed by atoms with E-state index >= 15 is 0 Å². The molecule has 11 heteroatoms. The van der Waals surface area contributed by atoms with Crippen molar-refractivity contribution in [1.29, 1.82) is 0 Å². The summed E-state index contributed by atoms with van der Waals surface area (Å²) in [4.78, 5) is 23.4. The van der Waals surface area contributed by atoms with E-state index in [-0.39, 0.29) is 41.0 Å². The maximum absolute atomic E-state index is 12.7. The fourth-order valence-electron chi connectivity index (χ4n) is 2.53. The third-order valence-electron chi connectivity index (χ3n) is 3.90. The Balaban J connectivity index is 1.80. The predicted molar refractivity (Wildman–Crippen MR) is 89.3 cm³/mol.